The molecule has 6 heteroatoms. The minimum absolute atomic E-state index is 0.0400. The van der Waals surface area contributed by atoms with Crippen LogP contribution in [0.2, 0.25) is 5.02 Å². The minimum Gasteiger partial charge on any atom is -0.484 e. The highest BCUT2D eigenvalue weighted by atomic mass is 35.5. The van der Waals surface area contributed by atoms with Gasteiger partial charge in [-0.05, 0) is 12.1 Å². The number of aliphatic hydroxyl groups excluding tert-OH is 1. The van der Waals surface area contributed by atoms with Crippen molar-refractivity contribution < 1.29 is 19.0 Å². The topological polar surface area (TPSA) is 49.8 Å². The lowest BCUT2D eigenvalue weighted by Gasteiger charge is -2.46. The normalized spacial score (nSPS) is 16.9. The van der Waals surface area contributed by atoms with Crippen molar-refractivity contribution in [1.29, 1.82) is 0 Å². The smallest absolute Gasteiger partial charge is 0.260 e. The molecule has 2 rings (SSSR count). The number of benzene rings is 1. The third-order valence-electron chi connectivity index (χ3n) is 3.13. The number of nitrogens with zero attached hydrogens (tertiary/aromatic N) is 1. The van der Waals surface area contributed by atoms with Crippen molar-refractivity contribution in [3.63, 3.8) is 0 Å². The highest BCUT2D eigenvalue weighted by molar-refractivity contribution is 6.30. The second-order valence-corrected chi connectivity index (χ2v) is 5.49. The van der Waals surface area contributed by atoms with Crippen LogP contribution in [0.3, 0.4) is 0 Å². The molecule has 4 nitrogen and oxygen atoms in total. The second-order valence-electron chi connectivity index (χ2n) is 5.08. The van der Waals surface area contributed by atoms with Gasteiger partial charge in [0.1, 0.15) is 11.6 Å². The number of hydrogen-bond acceptors (Lipinski definition) is 3. The summed E-state index contributed by atoms with van der Waals surface area (Å²) in [5, 5.41) is 9.05. The van der Waals surface area contributed by atoms with E-state index in [0.29, 0.717) is 18.8 Å². The van der Waals surface area contributed by atoms with Crippen molar-refractivity contribution in [3.8, 4) is 5.75 Å². The fourth-order valence-electron chi connectivity index (χ4n) is 1.95. The van der Waals surface area contributed by atoms with Crippen molar-refractivity contribution in [2.75, 3.05) is 26.3 Å². The first kappa shape index (κ1) is 14.1. The zero-order valence-electron chi connectivity index (χ0n) is 10.5. The molecule has 1 aliphatic rings. The number of carbonyl (C=O) groups is 1. The Kier molecular flexibility index (Phi) is 3.96. The molecule has 0 aromatic heterocycles. The van der Waals surface area contributed by atoms with Crippen molar-refractivity contribution >= 4 is 17.5 Å². The van der Waals surface area contributed by atoms with Gasteiger partial charge in [-0.2, -0.15) is 0 Å². The first-order valence-electron chi connectivity index (χ1n) is 5.90. The minimum atomic E-state index is -0.526. The Balaban J connectivity index is 1.83. The van der Waals surface area contributed by atoms with Gasteiger partial charge in [0, 0.05) is 24.6 Å². The molecule has 1 fully saturated rings. The van der Waals surface area contributed by atoms with E-state index in [9.17, 15) is 9.18 Å². The zero-order chi connectivity index (χ0) is 14.0. The average Bonchev–Trinajstić information content (AvgIpc) is 2.36. The lowest BCUT2D eigenvalue weighted by molar-refractivity contribution is -0.146. The molecule has 104 valence electrons. The lowest BCUT2D eigenvalue weighted by atomic mass is 9.83. The molecule has 1 amide bonds. The Labute approximate surface area is 115 Å². The molecular weight excluding hydrogens is 273 g/mol. The number of likely N-dealkylation sites (tertiary alicyclic amines) is 1. The second kappa shape index (κ2) is 5.35. The van der Waals surface area contributed by atoms with Gasteiger partial charge in [-0.15, -0.1) is 0 Å². The van der Waals surface area contributed by atoms with Crippen molar-refractivity contribution in [1.82, 2.24) is 4.90 Å². The number of hydrogen-bond donors (Lipinski definition) is 1. The van der Waals surface area contributed by atoms with E-state index < -0.39 is 5.82 Å². The number of carbonyl (C=O) groups excluding carboxylic acids is 1. The molecule has 1 aliphatic heterocycles. The number of ether oxygens (including phenoxy) is 1. The van der Waals surface area contributed by atoms with E-state index in [-0.39, 0.29) is 29.6 Å². The summed E-state index contributed by atoms with van der Waals surface area (Å²) < 4.78 is 18.2. The van der Waals surface area contributed by atoms with Crippen molar-refractivity contribution in [2.45, 2.75) is 6.92 Å². The average molecular weight is 288 g/mol. The van der Waals surface area contributed by atoms with E-state index in [1.165, 1.54) is 18.2 Å². The zero-order valence-corrected chi connectivity index (χ0v) is 11.3. The van der Waals surface area contributed by atoms with E-state index in [0.717, 1.165) is 0 Å². The van der Waals surface area contributed by atoms with E-state index in [4.69, 9.17) is 21.4 Å². The van der Waals surface area contributed by atoms with Crippen LogP contribution in [0.4, 0.5) is 4.39 Å². The summed E-state index contributed by atoms with van der Waals surface area (Å²) in [5.41, 5.74) is -0.200. The van der Waals surface area contributed by atoms with Gasteiger partial charge in [0.05, 0.1) is 11.6 Å². The number of rotatable bonds is 4. The van der Waals surface area contributed by atoms with E-state index in [1.807, 2.05) is 6.92 Å². The summed E-state index contributed by atoms with van der Waals surface area (Å²) in [4.78, 5) is 13.4. The van der Waals surface area contributed by atoms with Gasteiger partial charge < -0.3 is 14.7 Å². The van der Waals surface area contributed by atoms with Gasteiger partial charge >= 0.3 is 0 Å². The van der Waals surface area contributed by atoms with E-state index in [1.54, 1.807) is 4.90 Å². The quantitative estimate of drug-likeness (QED) is 0.917. The fraction of sp³-hybridized carbons (Fsp3) is 0.462. The van der Waals surface area contributed by atoms with Crippen LogP contribution in [0, 0.1) is 11.2 Å². The van der Waals surface area contributed by atoms with Crippen LogP contribution in [-0.2, 0) is 4.79 Å². The van der Waals surface area contributed by atoms with Gasteiger partial charge in [-0.3, -0.25) is 4.79 Å². The van der Waals surface area contributed by atoms with Gasteiger partial charge in [0.2, 0.25) is 0 Å². The van der Waals surface area contributed by atoms with E-state index >= 15 is 0 Å². The van der Waals surface area contributed by atoms with Crippen molar-refractivity contribution in [2.24, 2.45) is 5.41 Å². The molecule has 19 heavy (non-hydrogen) atoms. The number of amides is 1. The summed E-state index contributed by atoms with van der Waals surface area (Å²) in [5.74, 6) is -0.335. The largest absolute Gasteiger partial charge is 0.484 e. The highest BCUT2D eigenvalue weighted by Crippen LogP contribution is 2.29. The summed E-state index contributed by atoms with van der Waals surface area (Å²) in [7, 11) is 0. The SMILES string of the molecule is CC1(CO)CN(C(=O)COc2ccc(F)c(Cl)c2)C1. The fourth-order valence-corrected chi connectivity index (χ4v) is 2.13. The highest BCUT2D eigenvalue weighted by Gasteiger charge is 2.40. The van der Waals surface area contributed by atoms with Gasteiger partial charge in [0.15, 0.2) is 6.61 Å². The number of aliphatic hydroxyl groups is 1. The van der Waals surface area contributed by atoms with Gasteiger partial charge in [-0.25, -0.2) is 4.39 Å². The van der Waals surface area contributed by atoms with Gasteiger partial charge in [-0.1, -0.05) is 18.5 Å². The molecule has 1 N–H and O–H groups in total. The van der Waals surface area contributed by atoms with Gasteiger partial charge in [0.25, 0.3) is 5.91 Å². The summed E-state index contributed by atoms with van der Waals surface area (Å²) in [6, 6.07) is 3.94. The van der Waals surface area contributed by atoms with Crippen LogP contribution in [-0.4, -0.2) is 42.2 Å². The molecule has 0 aliphatic carbocycles. The molecule has 0 atom stereocenters. The van der Waals surface area contributed by atoms with Crippen LogP contribution in [0.5, 0.6) is 5.75 Å². The maximum Gasteiger partial charge on any atom is 0.260 e. The molecule has 0 bridgehead atoms. The molecule has 1 aromatic carbocycles. The number of halogens is 2. The third-order valence-corrected chi connectivity index (χ3v) is 3.42. The molecule has 0 saturated carbocycles. The predicted octanol–water partition coefficient (Wildman–Crippen LogP) is 1.70. The molecule has 1 heterocycles. The van der Waals surface area contributed by atoms with Crippen LogP contribution in [0.1, 0.15) is 6.92 Å². The van der Waals surface area contributed by atoms with Crippen LogP contribution in [0.15, 0.2) is 18.2 Å². The van der Waals surface area contributed by atoms with Crippen LogP contribution >= 0.6 is 11.6 Å². The van der Waals surface area contributed by atoms with Crippen molar-refractivity contribution in [3.05, 3.63) is 29.0 Å². The Bertz CT molecular complexity index is 489. The third kappa shape index (κ3) is 3.16. The summed E-state index contributed by atoms with van der Waals surface area (Å²) in [6.07, 6.45) is 0. The molecule has 1 aromatic rings. The monoisotopic (exact) mass is 287 g/mol. The molecule has 0 unspecified atom stereocenters. The first-order chi connectivity index (χ1) is 8.93. The predicted molar refractivity (Wildman–Crippen MR) is 68.7 cm³/mol. The molecule has 0 radical (unpaired) electrons. The standard InChI is InChI=1S/C13H15ClFNO3/c1-13(8-17)6-16(7-13)12(18)5-19-9-2-3-11(15)10(14)4-9/h2-4,17H,5-8H2,1H3. The lowest BCUT2D eigenvalue weighted by Crippen LogP contribution is -2.59. The van der Waals surface area contributed by atoms with Crippen LogP contribution in [0.25, 0.3) is 0 Å². The Morgan fingerprint density at radius 3 is 2.84 bits per heavy atom. The summed E-state index contributed by atoms with van der Waals surface area (Å²) >= 11 is 5.61. The summed E-state index contributed by atoms with van der Waals surface area (Å²) in [6.45, 7) is 2.90. The maximum absolute atomic E-state index is 12.9. The van der Waals surface area contributed by atoms with Crippen LogP contribution < -0.4 is 4.74 Å². The first-order valence-corrected chi connectivity index (χ1v) is 6.28. The Morgan fingerprint density at radius 1 is 1.58 bits per heavy atom. The van der Waals surface area contributed by atoms with E-state index in [2.05, 4.69) is 0 Å². The Morgan fingerprint density at radius 2 is 2.26 bits per heavy atom. The maximum atomic E-state index is 12.9. The molecule has 0 spiro atoms. The Hall–Kier alpha value is -1.33. The molecule has 1 saturated heterocycles. The molecular formula is C13H15ClFNO3.